The van der Waals surface area contributed by atoms with E-state index in [0.29, 0.717) is 5.56 Å². The maximum Gasteiger partial charge on any atom is 0.153 e. The van der Waals surface area contributed by atoms with E-state index in [1.807, 2.05) is 14.1 Å². The molecule has 0 aliphatic rings. The Balaban J connectivity index is 2.56. The van der Waals surface area contributed by atoms with Crippen LogP contribution in [0.15, 0.2) is 6.20 Å². The number of hydrogen-bond donors (Lipinski definition) is 1. The summed E-state index contributed by atoms with van der Waals surface area (Å²) in [6.07, 6.45) is 3.22. The second-order valence-corrected chi connectivity index (χ2v) is 2.98. The molecule has 0 saturated carbocycles. The minimum atomic E-state index is 0.664. The van der Waals surface area contributed by atoms with Gasteiger partial charge >= 0.3 is 0 Å². The van der Waals surface area contributed by atoms with Crippen LogP contribution < -0.4 is 0 Å². The van der Waals surface area contributed by atoms with E-state index in [-0.39, 0.29) is 0 Å². The van der Waals surface area contributed by atoms with Gasteiger partial charge in [-0.25, -0.2) is 0 Å². The Morgan fingerprint density at radius 3 is 3.00 bits per heavy atom. The summed E-state index contributed by atoms with van der Waals surface area (Å²) < 4.78 is 0. The van der Waals surface area contributed by atoms with E-state index in [1.54, 1.807) is 6.20 Å². The molecule has 66 valence electrons. The van der Waals surface area contributed by atoms with Crippen molar-refractivity contribution in [3.8, 4) is 0 Å². The Hall–Kier alpha value is -1.16. The van der Waals surface area contributed by atoms with Crippen molar-refractivity contribution in [3.63, 3.8) is 0 Å². The number of aromatic amines is 1. The summed E-state index contributed by atoms with van der Waals surface area (Å²) in [6.45, 7) is 0.920. The Labute approximate surface area is 71.6 Å². The van der Waals surface area contributed by atoms with Crippen LogP contribution in [0.1, 0.15) is 16.1 Å². The molecular formula is C8H13N3O. The lowest BCUT2D eigenvalue weighted by atomic mass is 10.2. The Morgan fingerprint density at radius 1 is 1.67 bits per heavy atom. The molecule has 0 saturated heterocycles. The molecule has 0 fully saturated rings. The van der Waals surface area contributed by atoms with E-state index in [4.69, 9.17) is 0 Å². The summed E-state index contributed by atoms with van der Waals surface area (Å²) in [4.78, 5) is 12.5. The molecule has 4 nitrogen and oxygen atoms in total. The first-order valence-electron chi connectivity index (χ1n) is 3.86. The van der Waals surface area contributed by atoms with E-state index < -0.39 is 0 Å². The molecule has 0 spiro atoms. The zero-order valence-electron chi connectivity index (χ0n) is 7.37. The Bertz CT molecular complexity index is 255. The van der Waals surface area contributed by atoms with Gasteiger partial charge < -0.3 is 4.90 Å². The van der Waals surface area contributed by atoms with Crippen LogP contribution in [0.2, 0.25) is 0 Å². The van der Waals surface area contributed by atoms with Crippen LogP contribution in [-0.4, -0.2) is 42.0 Å². The molecule has 0 aromatic carbocycles. The second kappa shape index (κ2) is 4.01. The van der Waals surface area contributed by atoms with Gasteiger partial charge in [-0.05, 0) is 14.1 Å². The van der Waals surface area contributed by atoms with Crippen molar-refractivity contribution in [2.24, 2.45) is 0 Å². The molecule has 0 aliphatic carbocycles. The monoisotopic (exact) mass is 167 g/mol. The smallest absolute Gasteiger partial charge is 0.153 e. The summed E-state index contributed by atoms with van der Waals surface area (Å²) in [6, 6.07) is 0. The number of hydrogen-bond acceptors (Lipinski definition) is 3. The number of H-pyrrole nitrogens is 1. The van der Waals surface area contributed by atoms with E-state index in [0.717, 1.165) is 24.9 Å². The Morgan fingerprint density at radius 2 is 2.42 bits per heavy atom. The lowest BCUT2D eigenvalue weighted by Crippen LogP contribution is -2.15. The van der Waals surface area contributed by atoms with Crippen LogP contribution in [0, 0.1) is 0 Å². The predicted molar refractivity (Wildman–Crippen MR) is 46.2 cm³/mol. The summed E-state index contributed by atoms with van der Waals surface area (Å²) >= 11 is 0. The minimum Gasteiger partial charge on any atom is -0.309 e. The lowest BCUT2D eigenvalue weighted by Gasteiger charge is -2.07. The summed E-state index contributed by atoms with van der Waals surface area (Å²) in [5.74, 6) is 0. The number of likely N-dealkylation sites (N-methyl/N-ethyl adjacent to an activating group) is 1. The van der Waals surface area contributed by atoms with Crippen molar-refractivity contribution in [1.82, 2.24) is 15.1 Å². The quantitative estimate of drug-likeness (QED) is 0.657. The van der Waals surface area contributed by atoms with Gasteiger partial charge in [0.25, 0.3) is 0 Å². The van der Waals surface area contributed by atoms with Crippen molar-refractivity contribution in [2.45, 2.75) is 6.42 Å². The minimum absolute atomic E-state index is 0.664. The highest BCUT2D eigenvalue weighted by Crippen LogP contribution is 2.01. The largest absolute Gasteiger partial charge is 0.309 e. The fourth-order valence-corrected chi connectivity index (χ4v) is 0.959. The van der Waals surface area contributed by atoms with E-state index in [2.05, 4.69) is 15.1 Å². The highest BCUT2D eigenvalue weighted by molar-refractivity contribution is 5.75. The molecule has 0 amide bonds. The molecule has 1 rings (SSSR count). The normalized spacial score (nSPS) is 10.6. The fraction of sp³-hybridized carbons (Fsp3) is 0.500. The zero-order valence-corrected chi connectivity index (χ0v) is 7.37. The van der Waals surface area contributed by atoms with Crippen LogP contribution in [-0.2, 0) is 6.42 Å². The number of rotatable bonds is 4. The molecule has 1 N–H and O–H groups in total. The van der Waals surface area contributed by atoms with Crippen molar-refractivity contribution < 1.29 is 4.79 Å². The molecule has 0 aliphatic heterocycles. The van der Waals surface area contributed by atoms with Gasteiger partial charge in [-0.3, -0.25) is 9.89 Å². The summed E-state index contributed by atoms with van der Waals surface area (Å²) in [5.41, 5.74) is 1.58. The van der Waals surface area contributed by atoms with Gasteiger partial charge in [0.1, 0.15) is 0 Å². The van der Waals surface area contributed by atoms with Crippen LogP contribution in [0.5, 0.6) is 0 Å². The van der Waals surface area contributed by atoms with Gasteiger partial charge in [0.05, 0.1) is 11.8 Å². The van der Waals surface area contributed by atoms with Gasteiger partial charge in [-0.2, -0.15) is 5.10 Å². The molecule has 1 aromatic rings. The molecule has 0 bridgehead atoms. The average molecular weight is 167 g/mol. The Kier molecular flexibility index (Phi) is 2.99. The number of nitrogens with one attached hydrogen (secondary N) is 1. The second-order valence-electron chi connectivity index (χ2n) is 2.98. The predicted octanol–water partition coefficient (Wildman–Crippen LogP) is 0.326. The van der Waals surface area contributed by atoms with Crippen molar-refractivity contribution >= 4 is 6.29 Å². The van der Waals surface area contributed by atoms with Gasteiger partial charge in [-0.1, -0.05) is 0 Å². The molecule has 0 radical (unpaired) electrons. The molecule has 12 heavy (non-hydrogen) atoms. The number of aldehydes is 1. The highest BCUT2D eigenvalue weighted by Gasteiger charge is 2.03. The van der Waals surface area contributed by atoms with Crippen LogP contribution in [0.3, 0.4) is 0 Å². The average Bonchev–Trinajstić information content (AvgIpc) is 2.47. The van der Waals surface area contributed by atoms with Gasteiger partial charge in [-0.15, -0.1) is 0 Å². The van der Waals surface area contributed by atoms with Gasteiger partial charge in [0.15, 0.2) is 6.29 Å². The van der Waals surface area contributed by atoms with Crippen molar-refractivity contribution in [1.29, 1.82) is 0 Å². The number of carbonyl (C=O) groups excluding carboxylic acids is 1. The molecule has 1 heterocycles. The first-order valence-corrected chi connectivity index (χ1v) is 3.86. The molecule has 1 aromatic heterocycles. The number of nitrogens with zero attached hydrogens (tertiary/aromatic N) is 2. The van der Waals surface area contributed by atoms with Crippen LogP contribution in [0.25, 0.3) is 0 Å². The third-order valence-corrected chi connectivity index (χ3v) is 1.69. The maximum atomic E-state index is 10.5. The van der Waals surface area contributed by atoms with Crippen LogP contribution in [0.4, 0.5) is 0 Å². The first-order chi connectivity index (χ1) is 5.74. The molecule has 0 atom stereocenters. The van der Waals surface area contributed by atoms with Crippen LogP contribution >= 0.6 is 0 Å². The summed E-state index contributed by atoms with van der Waals surface area (Å²) in [5, 5.41) is 6.60. The first kappa shape index (κ1) is 8.93. The van der Waals surface area contributed by atoms with E-state index in [1.165, 1.54) is 0 Å². The molecular weight excluding hydrogens is 154 g/mol. The van der Waals surface area contributed by atoms with Crippen molar-refractivity contribution in [2.75, 3.05) is 20.6 Å². The standard InChI is InChI=1S/C8H13N3O/c1-11(2)4-3-8-7(6-12)5-9-10-8/h5-6H,3-4H2,1-2H3,(H,9,10). The maximum absolute atomic E-state index is 10.5. The molecule has 4 heteroatoms. The zero-order chi connectivity index (χ0) is 8.97. The van der Waals surface area contributed by atoms with Crippen molar-refractivity contribution in [3.05, 3.63) is 17.5 Å². The molecule has 0 unspecified atom stereocenters. The summed E-state index contributed by atoms with van der Waals surface area (Å²) in [7, 11) is 3.99. The lowest BCUT2D eigenvalue weighted by molar-refractivity contribution is 0.112. The highest BCUT2D eigenvalue weighted by atomic mass is 16.1. The van der Waals surface area contributed by atoms with E-state index >= 15 is 0 Å². The van der Waals surface area contributed by atoms with Gasteiger partial charge in [0.2, 0.25) is 0 Å². The fourth-order valence-electron chi connectivity index (χ4n) is 0.959. The SMILES string of the molecule is CN(C)CCc1[nH]ncc1C=O. The van der Waals surface area contributed by atoms with Gasteiger partial charge in [0, 0.05) is 18.7 Å². The topological polar surface area (TPSA) is 49.0 Å². The van der Waals surface area contributed by atoms with E-state index in [9.17, 15) is 4.79 Å². The third-order valence-electron chi connectivity index (χ3n) is 1.69. The third kappa shape index (κ3) is 2.17. The number of carbonyl (C=O) groups is 1. The number of aromatic nitrogens is 2.